The number of H-pyrrole nitrogens is 1. The molecule has 5 heteroatoms. The van der Waals surface area contributed by atoms with E-state index in [1.54, 1.807) is 0 Å². The van der Waals surface area contributed by atoms with Crippen molar-refractivity contribution < 1.29 is 0 Å². The Bertz CT molecular complexity index is 609. The van der Waals surface area contributed by atoms with E-state index in [2.05, 4.69) is 39.3 Å². The maximum atomic E-state index is 6.05. The zero-order valence-corrected chi connectivity index (χ0v) is 13.5. The largest absolute Gasteiger partial charge is 0.357 e. The summed E-state index contributed by atoms with van der Waals surface area (Å²) in [6.07, 6.45) is 0. The number of fused-ring (bicyclic) bond motifs is 1. The molecule has 0 radical (unpaired) electrons. The third-order valence-corrected chi connectivity index (χ3v) is 4.57. The van der Waals surface area contributed by atoms with E-state index < -0.39 is 0 Å². The number of piperazine rings is 1. The van der Waals surface area contributed by atoms with Crippen molar-refractivity contribution in [3.05, 3.63) is 35.0 Å². The molecule has 0 spiro atoms. The molecule has 0 bridgehead atoms. The second-order valence-electron chi connectivity index (χ2n) is 5.95. The van der Waals surface area contributed by atoms with E-state index in [1.807, 2.05) is 19.2 Å². The zero-order chi connectivity index (χ0) is 14.8. The third-order valence-electron chi connectivity index (χ3n) is 4.33. The van der Waals surface area contributed by atoms with Crippen LogP contribution in [-0.2, 0) is 6.54 Å². The highest BCUT2D eigenvalue weighted by atomic mass is 35.5. The highest BCUT2D eigenvalue weighted by molar-refractivity contribution is 6.31. The molecular weight excluding hydrogens is 284 g/mol. The number of hydrogen-bond acceptors (Lipinski definition) is 3. The Balaban J connectivity index is 1.70. The lowest BCUT2D eigenvalue weighted by molar-refractivity contribution is 0.0903. The number of aromatic nitrogens is 1. The van der Waals surface area contributed by atoms with Crippen molar-refractivity contribution >= 4 is 22.5 Å². The Morgan fingerprint density at radius 3 is 3.00 bits per heavy atom. The van der Waals surface area contributed by atoms with E-state index >= 15 is 0 Å². The lowest BCUT2D eigenvalue weighted by Gasteiger charge is -2.39. The van der Waals surface area contributed by atoms with Gasteiger partial charge in [-0.3, -0.25) is 9.80 Å². The number of rotatable bonds is 4. The van der Waals surface area contributed by atoms with Crippen LogP contribution < -0.4 is 5.32 Å². The number of aromatic amines is 1. The summed E-state index contributed by atoms with van der Waals surface area (Å²) in [5, 5.41) is 5.28. The summed E-state index contributed by atoms with van der Waals surface area (Å²) in [4.78, 5) is 8.46. The lowest BCUT2D eigenvalue weighted by atomic mass is 10.1. The minimum atomic E-state index is 0.586. The quantitative estimate of drug-likeness (QED) is 0.908. The number of benzene rings is 1. The maximum Gasteiger partial charge on any atom is 0.0457 e. The lowest BCUT2D eigenvalue weighted by Crippen LogP contribution is -2.54. The summed E-state index contributed by atoms with van der Waals surface area (Å²) in [7, 11) is 4.23. The average Bonchev–Trinajstić information content (AvgIpc) is 2.84. The minimum Gasteiger partial charge on any atom is -0.357 e. The molecule has 1 fully saturated rings. The Labute approximate surface area is 131 Å². The Morgan fingerprint density at radius 2 is 2.19 bits per heavy atom. The van der Waals surface area contributed by atoms with Gasteiger partial charge < -0.3 is 10.3 Å². The molecule has 1 unspecified atom stereocenters. The molecule has 0 aliphatic carbocycles. The van der Waals surface area contributed by atoms with Crippen LogP contribution in [0.3, 0.4) is 0 Å². The van der Waals surface area contributed by atoms with Gasteiger partial charge in [0.2, 0.25) is 0 Å². The predicted molar refractivity (Wildman–Crippen MR) is 88.9 cm³/mol. The molecule has 0 amide bonds. The van der Waals surface area contributed by atoms with Crippen LogP contribution in [0.5, 0.6) is 0 Å². The van der Waals surface area contributed by atoms with Crippen LogP contribution in [0, 0.1) is 0 Å². The van der Waals surface area contributed by atoms with Crippen molar-refractivity contribution in [1.29, 1.82) is 0 Å². The van der Waals surface area contributed by atoms with Crippen LogP contribution in [0.2, 0.25) is 5.02 Å². The van der Waals surface area contributed by atoms with Gasteiger partial charge >= 0.3 is 0 Å². The fourth-order valence-corrected chi connectivity index (χ4v) is 3.28. The van der Waals surface area contributed by atoms with Crippen molar-refractivity contribution in [2.75, 3.05) is 40.3 Å². The fraction of sp³-hybridized carbons (Fsp3) is 0.500. The molecule has 2 aromatic rings. The van der Waals surface area contributed by atoms with Gasteiger partial charge in [-0.25, -0.2) is 0 Å². The first-order valence-corrected chi connectivity index (χ1v) is 7.88. The van der Waals surface area contributed by atoms with Gasteiger partial charge in [0.15, 0.2) is 0 Å². The first-order valence-electron chi connectivity index (χ1n) is 7.50. The molecule has 114 valence electrons. The van der Waals surface area contributed by atoms with Crippen LogP contribution in [-0.4, -0.2) is 61.1 Å². The molecule has 2 heterocycles. The van der Waals surface area contributed by atoms with E-state index in [9.17, 15) is 0 Å². The van der Waals surface area contributed by atoms with Crippen molar-refractivity contribution in [3.63, 3.8) is 0 Å². The summed E-state index contributed by atoms with van der Waals surface area (Å²) < 4.78 is 0. The van der Waals surface area contributed by atoms with Gasteiger partial charge in [-0.05, 0) is 38.4 Å². The fourth-order valence-electron chi connectivity index (χ4n) is 3.10. The van der Waals surface area contributed by atoms with Gasteiger partial charge in [0.25, 0.3) is 0 Å². The highest BCUT2D eigenvalue weighted by Crippen LogP contribution is 2.21. The number of likely N-dealkylation sites (N-methyl/N-ethyl adjacent to an activating group) is 2. The smallest absolute Gasteiger partial charge is 0.0457 e. The number of hydrogen-bond donors (Lipinski definition) is 2. The Kier molecular flexibility index (Phi) is 4.50. The molecule has 0 saturated carbocycles. The van der Waals surface area contributed by atoms with Crippen molar-refractivity contribution in [1.82, 2.24) is 20.1 Å². The molecule has 1 saturated heterocycles. The highest BCUT2D eigenvalue weighted by Gasteiger charge is 2.23. The molecule has 1 aromatic heterocycles. The van der Waals surface area contributed by atoms with Crippen LogP contribution >= 0.6 is 11.6 Å². The molecule has 2 N–H and O–H groups in total. The van der Waals surface area contributed by atoms with E-state index in [1.165, 1.54) is 11.1 Å². The SMILES string of the molecule is CNCC1CN(Cc2cc3cc(Cl)ccc3[nH]2)CCN1C. The van der Waals surface area contributed by atoms with Gasteiger partial charge in [-0.15, -0.1) is 0 Å². The molecule has 1 aromatic carbocycles. The average molecular weight is 307 g/mol. The Hall–Kier alpha value is -1.07. The minimum absolute atomic E-state index is 0.586. The molecule has 1 atom stereocenters. The topological polar surface area (TPSA) is 34.3 Å². The van der Waals surface area contributed by atoms with Crippen molar-refractivity contribution in [2.24, 2.45) is 0 Å². The van der Waals surface area contributed by atoms with Crippen molar-refractivity contribution in [3.8, 4) is 0 Å². The van der Waals surface area contributed by atoms with Crippen LogP contribution in [0.4, 0.5) is 0 Å². The molecular formula is C16H23ClN4. The summed E-state index contributed by atoms with van der Waals surface area (Å²) in [6.45, 7) is 5.36. The van der Waals surface area contributed by atoms with Gasteiger partial charge in [0, 0.05) is 60.4 Å². The van der Waals surface area contributed by atoms with Crippen LogP contribution in [0.25, 0.3) is 10.9 Å². The number of nitrogens with zero attached hydrogens (tertiary/aromatic N) is 2. The third kappa shape index (κ3) is 3.40. The first kappa shape index (κ1) is 14.9. The monoisotopic (exact) mass is 306 g/mol. The van der Waals surface area contributed by atoms with Gasteiger partial charge in [0.1, 0.15) is 0 Å². The molecule has 1 aliphatic heterocycles. The molecule has 1 aliphatic rings. The predicted octanol–water partition coefficient (Wildman–Crippen LogP) is 2.16. The standard InChI is InChI=1S/C16H23ClN4/c1-18-9-15-11-21(6-5-20(15)2)10-14-8-12-7-13(17)3-4-16(12)19-14/h3-4,7-8,15,18-19H,5-6,9-11H2,1-2H3. The molecule has 21 heavy (non-hydrogen) atoms. The normalized spacial score (nSPS) is 21.2. The summed E-state index contributed by atoms with van der Waals surface area (Å²) in [6, 6.07) is 8.80. The van der Waals surface area contributed by atoms with Crippen LogP contribution in [0.15, 0.2) is 24.3 Å². The maximum absolute atomic E-state index is 6.05. The first-order chi connectivity index (χ1) is 10.2. The summed E-state index contributed by atoms with van der Waals surface area (Å²) in [5.41, 5.74) is 2.43. The van der Waals surface area contributed by atoms with E-state index in [0.717, 1.165) is 43.3 Å². The van der Waals surface area contributed by atoms with E-state index in [0.29, 0.717) is 6.04 Å². The summed E-state index contributed by atoms with van der Waals surface area (Å²) >= 11 is 6.05. The van der Waals surface area contributed by atoms with Gasteiger partial charge in [0.05, 0.1) is 0 Å². The van der Waals surface area contributed by atoms with Crippen LogP contribution in [0.1, 0.15) is 5.69 Å². The Morgan fingerprint density at radius 1 is 1.33 bits per heavy atom. The second kappa shape index (κ2) is 6.36. The second-order valence-corrected chi connectivity index (χ2v) is 6.39. The number of halogens is 1. The van der Waals surface area contributed by atoms with Gasteiger partial charge in [-0.1, -0.05) is 11.6 Å². The van der Waals surface area contributed by atoms with Gasteiger partial charge in [-0.2, -0.15) is 0 Å². The zero-order valence-electron chi connectivity index (χ0n) is 12.7. The van der Waals surface area contributed by atoms with E-state index in [4.69, 9.17) is 11.6 Å². The van der Waals surface area contributed by atoms with E-state index in [-0.39, 0.29) is 0 Å². The molecule has 3 rings (SSSR count). The number of nitrogens with one attached hydrogen (secondary N) is 2. The van der Waals surface area contributed by atoms with Crippen molar-refractivity contribution in [2.45, 2.75) is 12.6 Å². The molecule has 4 nitrogen and oxygen atoms in total. The summed E-state index contributed by atoms with van der Waals surface area (Å²) in [5.74, 6) is 0.